The Kier molecular flexibility index (Phi) is 5.63. The lowest BCUT2D eigenvalue weighted by Gasteiger charge is -2.32. The van der Waals surface area contributed by atoms with Gasteiger partial charge in [0.05, 0.1) is 11.3 Å². The Morgan fingerprint density at radius 2 is 1.86 bits per heavy atom. The number of likely N-dealkylation sites (tertiary alicyclic amines) is 1. The third-order valence-corrected chi connectivity index (χ3v) is 6.08. The van der Waals surface area contributed by atoms with Gasteiger partial charge >= 0.3 is 0 Å². The van der Waals surface area contributed by atoms with Crippen LogP contribution in [-0.4, -0.2) is 41.5 Å². The summed E-state index contributed by atoms with van der Waals surface area (Å²) in [5.74, 6) is -0.0201. The Labute approximate surface area is 173 Å². The highest BCUT2D eigenvalue weighted by Gasteiger charge is 2.22. The average Bonchev–Trinajstić information content (AvgIpc) is 2.74. The van der Waals surface area contributed by atoms with Crippen LogP contribution in [0.2, 0.25) is 0 Å². The van der Waals surface area contributed by atoms with Gasteiger partial charge in [0.1, 0.15) is 0 Å². The summed E-state index contributed by atoms with van der Waals surface area (Å²) in [4.78, 5) is 20.3. The second kappa shape index (κ2) is 8.34. The van der Waals surface area contributed by atoms with E-state index in [2.05, 4.69) is 55.3 Å². The lowest BCUT2D eigenvalue weighted by molar-refractivity contribution is 0.0907. The summed E-state index contributed by atoms with van der Waals surface area (Å²) in [7, 11) is 0. The monoisotopic (exact) mass is 387 g/mol. The van der Waals surface area contributed by atoms with Gasteiger partial charge in [-0.1, -0.05) is 43.3 Å². The fourth-order valence-electron chi connectivity index (χ4n) is 4.23. The highest BCUT2D eigenvalue weighted by atomic mass is 16.1. The molecule has 1 aliphatic heterocycles. The predicted octanol–water partition coefficient (Wildman–Crippen LogP) is 4.73. The van der Waals surface area contributed by atoms with E-state index in [0.717, 1.165) is 54.5 Å². The topological polar surface area (TPSA) is 45.2 Å². The van der Waals surface area contributed by atoms with Crippen molar-refractivity contribution in [1.29, 1.82) is 0 Å². The van der Waals surface area contributed by atoms with Gasteiger partial charge in [-0.15, -0.1) is 0 Å². The lowest BCUT2D eigenvalue weighted by Crippen LogP contribution is -2.47. The number of carbonyl (C=O) groups is 1. The second-order valence-corrected chi connectivity index (χ2v) is 8.07. The number of rotatable bonds is 4. The fourth-order valence-corrected chi connectivity index (χ4v) is 4.23. The van der Waals surface area contributed by atoms with Crippen molar-refractivity contribution in [2.45, 2.75) is 39.7 Å². The largest absolute Gasteiger partial charge is 0.348 e. The van der Waals surface area contributed by atoms with E-state index in [4.69, 9.17) is 4.98 Å². The van der Waals surface area contributed by atoms with Crippen molar-refractivity contribution in [2.75, 3.05) is 19.6 Å². The first-order valence-electron chi connectivity index (χ1n) is 10.6. The van der Waals surface area contributed by atoms with Crippen LogP contribution < -0.4 is 5.32 Å². The number of fused-ring (bicyclic) bond motifs is 1. The summed E-state index contributed by atoms with van der Waals surface area (Å²) in [5.41, 5.74) is 5.05. The van der Waals surface area contributed by atoms with Crippen molar-refractivity contribution < 1.29 is 4.79 Å². The highest BCUT2D eigenvalue weighted by molar-refractivity contribution is 6.10. The lowest BCUT2D eigenvalue weighted by atomic mass is 9.96. The molecule has 0 spiro atoms. The van der Waals surface area contributed by atoms with Crippen LogP contribution in [0.25, 0.3) is 22.0 Å². The van der Waals surface area contributed by atoms with Crippen molar-refractivity contribution in [1.82, 2.24) is 15.2 Å². The van der Waals surface area contributed by atoms with Gasteiger partial charge < -0.3 is 10.2 Å². The molecule has 0 saturated carbocycles. The molecule has 1 atom stereocenters. The minimum absolute atomic E-state index is 0.0201. The van der Waals surface area contributed by atoms with Crippen molar-refractivity contribution >= 4 is 16.7 Å². The highest BCUT2D eigenvalue weighted by Crippen LogP contribution is 2.31. The molecule has 3 aromatic rings. The number of likely N-dealkylation sites (N-methyl/N-ethyl adjacent to an activating group) is 1. The summed E-state index contributed by atoms with van der Waals surface area (Å²) < 4.78 is 0. The summed E-state index contributed by atoms with van der Waals surface area (Å²) in [5, 5.41) is 5.27. The van der Waals surface area contributed by atoms with Gasteiger partial charge in [0.25, 0.3) is 5.91 Å². The van der Waals surface area contributed by atoms with Crippen LogP contribution in [0.1, 0.15) is 41.3 Å². The summed E-state index contributed by atoms with van der Waals surface area (Å²) >= 11 is 0. The third-order valence-electron chi connectivity index (χ3n) is 6.08. The maximum Gasteiger partial charge on any atom is 0.253 e. The van der Waals surface area contributed by atoms with Crippen LogP contribution >= 0.6 is 0 Å². The fraction of sp³-hybridized carbons (Fsp3) is 0.360. The van der Waals surface area contributed by atoms with E-state index in [9.17, 15) is 4.79 Å². The Hall–Kier alpha value is -2.72. The first kappa shape index (κ1) is 19.6. The van der Waals surface area contributed by atoms with E-state index < -0.39 is 0 Å². The molecule has 0 radical (unpaired) electrons. The molecule has 1 saturated heterocycles. The molecule has 29 heavy (non-hydrogen) atoms. The van der Waals surface area contributed by atoms with Crippen LogP contribution in [0.15, 0.2) is 48.7 Å². The summed E-state index contributed by atoms with van der Waals surface area (Å²) in [6, 6.07) is 14.7. The van der Waals surface area contributed by atoms with E-state index in [1.165, 1.54) is 11.1 Å². The van der Waals surface area contributed by atoms with Crippen molar-refractivity contribution in [3.05, 3.63) is 65.4 Å². The molecule has 0 aliphatic carbocycles. The molecule has 1 N–H and O–H groups in total. The maximum atomic E-state index is 13.2. The number of aryl methyl sites for hydroxylation is 2. The molecular formula is C25H29N3O. The number of carbonyl (C=O) groups excluding carboxylic acids is 1. The molecule has 4 heteroatoms. The zero-order valence-electron chi connectivity index (χ0n) is 17.5. The second-order valence-electron chi connectivity index (χ2n) is 8.07. The van der Waals surface area contributed by atoms with Gasteiger partial charge in [-0.2, -0.15) is 0 Å². The standard InChI is InChI=1S/C25H29N3O/c1-4-28-12-8-11-20(16-28)27-25(29)23-15-26-24(19-9-6-5-7-10-19)22-14-18(3)17(2)13-21(22)23/h5-7,9-10,13-15,20H,4,8,11-12,16H2,1-3H3,(H,27,29). The minimum Gasteiger partial charge on any atom is -0.348 e. The molecule has 1 aliphatic rings. The van der Waals surface area contributed by atoms with Gasteiger partial charge in [0, 0.05) is 29.7 Å². The first-order chi connectivity index (χ1) is 14.1. The minimum atomic E-state index is -0.0201. The van der Waals surface area contributed by atoms with Crippen LogP contribution in [0.4, 0.5) is 0 Å². The molecule has 1 fully saturated rings. The Morgan fingerprint density at radius 1 is 1.14 bits per heavy atom. The molecule has 2 aromatic carbocycles. The molecule has 150 valence electrons. The molecule has 1 aromatic heterocycles. The molecule has 1 amide bonds. The van der Waals surface area contributed by atoms with Gasteiger partial charge in [0.2, 0.25) is 0 Å². The number of benzene rings is 2. The van der Waals surface area contributed by atoms with Gasteiger partial charge in [-0.05, 0) is 62.4 Å². The van der Waals surface area contributed by atoms with Gasteiger partial charge in [0.15, 0.2) is 0 Å². The SMILES string of the molecule is CCN1CCCC(NC(=O)c2cnc(-c3ccccc3)c3cc(C)c(C)cc23)C1. The normalized spacial score (nSPS) is 17.4. The number of hydrogen-bond donors (Lipinski definition) is 1. The first-order valence-corrected chi connectivity index (χ1v) is 10.6. The smallest absolute Gasteiger partial charge is 0.253 e. The van der Waals surface area contributed by atoms with Crippen molar-refractivity contribution in [3.63, 3.8) is 0 Å². The molecule has 4 rings (SSSR count). The van der Waals surface area contributed by atoms with E-state index in [0.29, 0.717) is 5.56 Å². The van der Waals surface area contributed by atoms with E-state index in [-0.39, 0.29) is 11.9 Å². The Balaban J connectivity index is 1.73. The van der Waals surface area contributed by atoms with Crippen molar-refractivity contribution in [3.8, 4) is 11.3 Å². The third kappa shape index (κ3) is 4.03. The Bertz CT molecular complexity index is 1030. The molecule has 1 unspecified atom stereocenters. The average molecular weight is 388 g/mol. The summed E-state index contributed by atoms with van der Waals surface area (Å²) in [6.07, 6.45) is 3.91. The molecule has 2 heterocycles. The number of pyridine rings is 1. The zero-order valence-corrected chi connectivity index (χ0v) is 17.5. The number of nitrogens with zero attached hydrogens (tertiary/aromatic N) is 2. The molecule has 4 nitrogen and oxygen atoms in total. The van der Waals surface area contributed by atoms with Crippen LogP contribution in [0, 0.1) is 13.8 Å². The van der Waals surface area contributed by atoms with Crippen molar-refractivity contribution in [2.24, 2.45) is 0 Å². The van der Waals surface area contributed by atoms with Crippen LogP contribution in [0.3, 0.4) is 0 Å². The molecule has 0 bridgehead atoms. The number of aromatic nitrogens is 1. The van der Waals surface area contributed by atoms with E-state index in [1.54, 1.807) is 6.20 Å². The van der Waals surface area contributed by atoms with E-state index >= 15 is 0 Å². The van der Waals surface area contributed by atoms with Gasteiger partial charge in [-0.25, -0.2) is 0 Å². The van der Waals surface area contributed by atoms with Gasteiger partial charge in [-0.3, -0.25) is 9.78 Å². The quantitative estimate of drug-likeness (QED) is 0.704. The number of nitrogens with one attached hydrogen (secondary N) is 1. The maximum absolute atomic E-state index is 13.2. The Morgan fingerprint density at radius 3 is 2.59 bits per heavy atom. The summed E-state index contributed by atoms with van der Waals surface area (Å²) in [6.45, 7) is 9.46. The number of hydrogen-bond acceptors (Lipinski definition) is 3. The predicted molar refractivity (Wildman–Crippen MR) is 119 cm³/mol. The van der Waals surface area contributed by atoms with Crippen LogP contribution in [-0.2, 0) is 0 Å². The number of amides is 1. The molecular weight excluding hydrogens is 358 g/mol. The zero-order chi connectivity index (χ0) is 20.4. The van der Waals surface area contributed by atoms with E-state index in [1.807, 2.05) is 18.2 Å². The number of piperidine rings is 1. The van der Waals surface area contributed by atoms with Crippen LogP contribution in [0.5, 0.6) is 0 Å².